The van der Waals surface area contributed by atoms with Crippen molar-refractivity contribution in [3.63, 3.8) is 0 Å². The first-order valence-corrected chi connectivity index (χ1v) is 7.16. The maximum absolute atomic E-state index is 5.56. The van der Waals surface area contributed by atoms with Crippen molar-refractivity contribution in [2.75, 3.05) is 5.48 Å². The lowest BCUT2D eigenvalue weighted by Gasteiger charge is -2.10. The first kappa shape index (κ1) is 14.6. The van der Waals surface area contributed by atoms with Crippen LogP contribution in [0.1, 0.15) is 30.5 Å². The number of anilines is 1. The summed E-state index contributed by atoms with van der Waals surface area (Å²) >= 11 is 0. The number of aryl methyl sites for hydroxylation is 1. The van der Waals surface area contributed by atoms with Gasteiger partial charge in [-0.25, -0.2) is 0 Å². The molecule has 0 radical (unpaired) electrons. The molecule has 0 bridgehead atoms. The summed E-state index contributed by atoms with van der Waals surface area (Å²) in [6, 6.07) is 16.7. The predicted octanol–water partition coefficient (Wildman–Crippen LogP) is 4.74. The van der Waals surface area contributed by atoms with Gasteiger partial charge in [0.15, 0.2) is 0 Å². The van der Waals surface area contributed by atoms with Crippen LogP contribution in [0.2, 0.25) is 0 Å². The Morgan fingerprint density at radius 2 is 1.60 bits per heavy atom. The zero-order valence-electron chi connectivity index (χ0n) is 12.5. The Hall–Kier alpha value is -1.80. The van der Waals surface area contributed by atoms with Crippen LogP contribution >= 0.6 is 0 Å². The molecule has 1 N–H and O–H groups in total. The third-order valence-corrected chi connectivity index (χ3v) is 3.23. The highest BCUT2D eigenvalue weighted by Gasteiger charge is 2.00. The summed E-state index contributed by atoms with van der Waals surface area (Å²) in [6.07, 6.45) is 1.13. The summed E-state index contributed by atoms with van der Waals surface area (Å²) in [7, 11) is 0. The normalized spacial score (nSPS) is 10.8. The third-order valence-electron chi connectivity index (χ3n) is 3.23. The largest absolute Gasteiger partial charge is 0.271 e. The molecule has 0 atom stereocenters. The zero-order chi connectivity index (χ0) is 14.4. The Morgan fingerprint density at radius 1 is 0.950 bits per heavy atom. The minimum atomic E-state index is 0.566. The van der Waals surface area contributed by atoms with Crippen molar-refractivity contribution in [2.24, 2.45) is 5.92 Å². The first-order chi connectivity index (χ1) is 9.65. The van der Waals surface area contributed by atoms with Crippen LogP contribution in [0.15, 0.2) is 48.5 Å². The van der Waals surface area contributed by atoms with Crippen molar-refractivity contribution in [2.45, 2.75) is 33.8 Å². The molecule has 2 rings (SSSR count). The SMILES string of the molecule is Cc1ccccc1NOCc1ccc(CC(C)C)cc1. The average Bonchev–Trinajstić information content (AvgIpc) is 2.42. The molecule has 2 nitrogen and oxygen atoms in total. The van der Waals surface area contributed by atoms with E-state index in [1.165, 1.54) is 16.7 Å². The van der Waals surface area contributed by atoms with Gasteiger partial charge in [0, 0.05) is 0 Å². The first-order valence-electron chi connectivity index (χ1n) is 7.16. The van der Waals surface area contributed by atoms with Crippen LogP contribution in [0.3, 0.4) is 0 Å². The summed E-state index contributed by atoms with van der Waals surface area (Å²) in [5, 5.41) is 0. The molecule has 2 heteroatoms. The van der Waals surface area contributed by atoms with Gasteiger partial charge in [0.1, 0.15) is 0 Å². The second-order valence-electron chi connectivity index (χ2n) is 5.62. The van der Waals surface area contributed by atoms with Crippen LogP contribution in [0.25, 0.3) is 0 Å². The van der Waals surface area contributed by atoms with Gasteiger partial charge in [-0.1, -0.05) is 56.3 Å². The van der Waals surface area contributed by atoms with Gasteiger partial charge in [0.25, 0.3) is 0 Å². The van der Waals surface area contributed by atoms with Gasteiger partial charge in [0.2, 0.25) is 0 Å². The second-order valence-corrected chi connectivity index (χ2v) is 5.62. The van der Waals surface area contributed by atoms with Crippen LogP contribution < -0.4 is 5.48 Å². The maximum atomic E-state index is 5.56. The minimum Gasteiger partial charge on any atom is -0.271 e. The Bertz CT molecular complexity index is 531. The molecular weight excluding hydrogens is 246 g/mol. The lowest BCUT2D eigenvalue weighted by atomic mass is 10.0. The highest BCUT2D eigenvalue weighted by Crippen LogP contribution is 2.14. The van der Waals surface area contributed by atoms with Gasteiger partial charge in [0.05, 0.1) is 12.3 Å². The number of benzene rings is 2. The van der Waals surface area contributed by atoms with Crippen molar-refractivity contribution in [1.82, 2.24) is 0 Å². The molecule has 0 saturated heterocycles. The summed E-state index contributed by atoms with van der Waals surface area (Å²) in [5.41, 5.74) is 7.77. The van der Waals surface area contributed by atoms with E-state index in [0.29, 0.717) is 12.5 Å². The van der Waals surface area contributed by atoms with Gasteiger partial charge >= 0.3 is 0 Å². The Balaban J connectivity index is 1.84. The van der Waals surface area contributed by atoms with E-state index in [1.54, 1.807) is 0 Å². The number of para-hydroxylation sites is 1. The fourth-order valence-corrected chi connectivity index (χ4v) is 2.13. The standard InChI is InChI=1S/C18H23NO/c1-14(2)12-16-8-10-17(11-9-16)13-20-19-18-7-5-4-6-15(18)3/h4-11,14,19H,12-13H2,1-3H3. The molecule has 0 unspecified atom stereocenters. The smallest absolute Gasteiger partial charge is 0.0996 e. The molecular formula is C18H23NO. The van der Waals surface area contributed by atoms with Crippen LogP contribution in [-0.4, -0.2) is 0 Å². The Labute approximate surface area is 121 Å². The highest BCUT2D eigenvalue weighted by atomic mass is 16.6. The van der Waals surface area contributed by atoms with Gasteiger partial charge in [-0.2, -0.15) is 0 Å². The summed E-state index contributed by atoms with van der Waals surface area (Å²) < 4.78 is 0. The quantitative estimate of drug-likeness (QED) is 0.765. The topological polar surface area (TPSA) is 21.3 Å². The molecule has 0 aromatic heterocycles. The fraction of sp³-hybridized carbons (Fsp3) is 0.333. The van der Waals surface area contributed by atoms with Crippen molar-refractivity contribution in [3.05, 3.63) is 65.2 Å². The summed E-state index contributed by atoms with van der Waals surface area (Å²) in [6.45, 7) is 7.11. The average molecular weight is 269 g/mol. The van der Waals surface area contributed by atoms with Gasteiger partial charge in [-0.05, 0) is 42.0 Å². The molecule has 0 saturated carbocycles. The molecule has 0 aliphatic heterocycles. The summed E-state index contributed by atoms with van der Waals surface area (Å²) in [5.74, 6) is 0.694. The third kappa shape index (κ3) is 4.39. The van der Waals surface area contributed by atoms with E-state index in [4.69, 9.17) is 4.84 Å². The molecule has 2 aromatic carbocycles. The van der Waals surface area contributed by atoms with Crippen LogP contribution in [0.5, 0.6) is 0 Å². The predicted molar refractivity (Wildman–Crippen MR) is 84.6 cm³/mol. The monoisotopic (exact) mass is 269 g/mol. The molecule has 0 fully saturated rings. The molecule has 0 spiro atoms. The van der Waals surface area contributed by atoms with Gasteiger partial charge in [-0.3, -0.25) is 10.3 Å². The molecule has 0 amide bonds. The highest BCUT2D eigenvalue weighted by molar-refractivity contribution is 5.48. The lowest BCUT2D eigenvalue weighted by molar-refractivity contribution is 0.180. The van der Waals surface area contributed by atoms with Gasteiger partial charge in [-0.15, -0.1) is 0 Å². The summed E-state index contributed by atoms with van der Waals surface area (Å²) in [4.78, 5) is 5.56. The van der Waals surface area contributed by atoms with E-state index in [1.807, 2.05) is 18.2 Å². The zero-order valence-corrected chi connectivity index (χ0v) is 12.5. The van der Waals surface area contributed by atoms with Crippen molar-refractivity contribution in [1.29, 1.82) is 0 Å². The number of hydrogen-bond donors (Lipinski definition) is 1. The Kier molecular flexibility index (Phi) is 5.19. The number of rotatable bonds is 6. The van der Waals surface area contributed by atoms with E-state index >= 15 is 0 Å². The van der Waals surface area contributed by atoms with E-state index in [0.717, 1.165) is 12.1 Å². The fourth-order valence-electron chi connectivity index (χ4n) is 2.13. The molecule has 2 aromatic rings. The van der Waals surface area contributed by atoms with Crippen LogP contribution in [0.4, 0.5) is 5.69 Å². The number of hydrogen-bond acceptors (Lipinski definition) is 2. The van der Waals surface area contributed by atoms with Crippen molar-refractivity contribution in [3.8, 4) is 0 Å². The van der Waals surface area contributed by atoms with E-state index in [9.17, 15) is 0 Å². The van der Waals surface area contributed by atoms with Crippen molar-refractivity contribution >= 4 is 5.69 Å². The molecule has 20 heavy (non-hydrogen) atoms. The molecule has 106 valence electrons. The van der Waals surface area contributed by atoms with E-state index in [-0.39, 0.29) is 0 Å². The molecule has 0 aliphatic rings. The van der Waals surface area contributed by atoms with Gasteiger partial charge < -0.3 is 0 Å². The molecule has 0 aliphatic carbocycles. The van der Waals surface area contributed by atoms with Crippen LogP contribution in [-0.2, 0) is 17.9 Å². The molecule has 0 heterocycles. The van der Waals surface area contributed by atoms with E-state index < -0.39 is 0 Å². The lowest BCUT2D eigenvalue weighted by Crippen LogP contribution is -2.03. The Morgan fingerprint density at radius 3 is 2.25 bits per heavy atom. The second kappa shape index (κ2) is 7.11. The maximum Gasteiger partial charge on any atom is 0.0996 e. The van der Waals surface area contributed by atoms with E-state index in [2.05, 4.69) is 56.6 Å². The van der Waals surface area contributed by atoms with Crippen molar-refractivity contribution < 1.29 is 4.84 Å². The minimum absolute atomic E-state index is 0.566. The number of nitrogens with one attached hydrogen (secondary N) is 1. The van der Waals surface area contributed by atoms with Crippen LogP contribution in [0, 0.1) is 12.8 Å².